The third-order valence-electron chi connectivity index (χ3n) is 7.51. The molecule has 2 aromatic heterocycles. The number of carbonyl (C=O) groups excluding carboxylic acids is 1. The van der Waals surface area contributed by atoms with Gasteiger partial charge in [-0.05, 0) is 67.9 Å². The number of benzene rings is 2. The molecule has 6 rings (SSSR count). The van der Waals surface area contributed by atoms with Gasteiger partial charge in [0.2, 0.25) is 11.8 Å². The summed E-state index contributed by atoms with van der Waals surface area (Å²) in [5.41, 5.74) is 3.91. The molecule has 1 amide bonds. The minimum absolute atomic E-state index is 0.127. The van der Waals surface area contributed by atoms with Crippen molar-refractivity contribution in [2.24, 2.45) is 0 Å². The summed E-state index contributed by atoms with van der Waals surface area (Å²) < 4.78 is 11.7. The van der Waals surface area contributed by atoms with Crippen LogP contribution in [-0.4, -0.2) is 60.5 Å². The molecule has 0 aliphatic carbocycles. The van der Waals surface area contributed by atoms with E-state index in [1.165, 1.54) is 0 Å². The lowest BCUT2D eigenvalue weighted by atomic mass is 9.87. The van der Waals surface area contributed by atoms with Crippen LogP contribution in [0.5, 0.6) is 0 Å². The molecule has 40 heavy (non-hydrogen) atoms. The highest BCUT2D eigenvalue weighted by Crippen LogP contribution is 2.35. The Labute approximate surface area is 233 Å². The van der Waals surface area contributed by atoms with Crippen LogP contribution in [0.4, 0.5) is 11.4 Å². The van der Waals surface area contributed by atoms with E-state index in [9.17, 15) is 4.79 Å². The van der Waals surface area contributed by atoms with Crippen LogP contribution in [0.2, 0.25) is 0 Å². The molecule has 0 saturated carbocycles. The Kier molecular flexibility index (Phi) is 7.69. The molecule has 0 spiro atoms. The van der Waals surface area contributed by atoms with Crippen LogP contribution in [-0.2, 0) is 16.8 Å². The lowest BCUT2D eigenvalue weighted by Gasteiger charge is -2.36. The summed E-state index contributed by atoms with van der Waals surface area (Å²) >= 11 is 0. The number of para-hydroxylation sites is 1. The van der Waals surface area contributed by atoms with E-state index in [0.717, 1.165) is 61.5 Å². The van der Waals surface area contributed by atoms with Crippen LogP contribution >= 0.6 is 0 Å². The average Bonchev–Trinajstić information content (AvgIpc) is 3.53. The minimum Gasteiger partial charge on any atom is -0.418 e. The highest BCUT2D eigenvalue weighted by atomic mass is 16.5. The van der Waals surface area contributed by atoms with E-state index < -0.39 is 5.54 Å². The van der Waals surface area contributed by atoms with Crippen molar-refractivity contribution in [1.29, 1.82) is 0 Å². The molecule has 2 aromatic carbocycles. The SMILES string of the molecule is O=C(NCc1ccccc1N1CCOCC1)c1cccc(NC2(c3nnc(-c4ccncc4)o3)CCNCC2)c1. The van der Waals surface area contributed by atoms with Gasteiger partial charge in [0, 0.05) is 54.5 Å². The number of rotatable bonds is 8. The third kappa shape index (κ3) is 5.68. The third-order valence-corrected chi connectivity index (χ3v) is 7.51. The maximum atomic E-state index is 13.2. The molecule has 2 aliphatic heterocycles. The van der Waals surface area contributed by atoms with Gasteiger partial charge in [0.1, 0.15) is 5.54 Å². The number of aromatic nitrogens is 3. The Bertz CT molecular complexity index is 1430. The van der Waals surface area contributed by atoms with Gasteiger partial charge in [-0.15, -0.1) is 10.2 Å². The van der Waals surface area contributed by atoms with Gasteiger partial charge in [0.05, 0.1) is 13.2 Å². The fourth-order valence-corrected chi connectivity index (χ4v) is 5.34. The largest absolute Gasteiger partial charge is 0.418 e. The topological polar surface area (TPSA) is 117 Å². The number of nitrogens with one attached hydrogen (secondary N) is 3. The summed E-state index contributed by atoms with van der Waals surface area (Å²) in [7, 11) is 0. The monoisotopic (exact) mass is 539 g/mol. The Morgan fingerprint density at radius 2 is 1.77 bits per heavy atom. The van der Waals surface area contributed by atoms with Crippen molar-refractivity contribution in [2.75, 3.05) is 49.6 Å². The molecule has 0 bridgehead atoms. The number of nitrogens with zero attached hydrogens (tertiary/aromatic N) is 4. The minimum atomic E-state index is -0.546. The van der Waals surface area contributed by atoms with Crippen LogP contribution in [0.25, 0.3) is 11.5 Å². The standard InChI is InChI=1S/C30H33N7O3/c38-27(33-21-24-4-1-2-7-26(24)37-16-18-39-19-17-37)23-5-3-6-25(20-23)34-30(10-14-32-15-11-30)29-36-35-28(40-29)22-8-12-31-13-9-22/h1-9,12-13,20,32,34H,10-11,14-19,21H2,(H,33,38). The van der Waals surface area contributed by atoms with Crippen molar-refractivity contribution in [3.05, 3.63) is 90.1 Å². The van der Waals surface area contributed by atoms with Gasteiger partial charge in [0.25, 0.3) is 5.91 Å². The summed E-state index contributed by atoms with van der Waals surface area (Å²) in [4.78, 5) is 19.6. The molecule has 3 N–H and O–H groups in total. The first-order valence-electron chi connectivity index (χ1n) is 13.7. The van der Waals surface area contributed by atoms with E-state index in [1.807, 2.05) is 48.5 Å². The number of amides is 1. The summed E-state index contributed by atoms with van der Waals surface area (Å²) in [5.74, 6) is 0.871. The van der Waals surface area contributed by atoms with E-state index in [1.54, 1.807) is 12.4 Å². The number of ether oxygens (including phenoxy) is 1. The molecular formula is C30H33N7O3. The van der Waals surface area contributed by atoms with E-state index in [4.69, 9.17) is 9.15 Å². The Balaban J connectivity index is 1.18. The first-order valence-corrected chi connectivity index (χ1v) is 13.7. The molecular weight excluding hydrogens is 506 g/mol. The second-order valence-corrected chi connectivity index (χ2v) is 10.1. The molecule has 2 aliphatic rings. The second-order valence-electron chi connectivity index (χ2n) is 10.1. The molecule has 0 unspecified atom stereocenters. The van der Waals surface area contributed by atoms with Crippen molar-refractivity contribution >= 4 is 17.3 Å². The molecule has 0 atom stereocenters. The summed E-state index contributed by atoms with van der Waals surface area (Å²) in [6.45, 7) is 5.18. The number of anilines is 2. The summed E-state index contributed by atoms with van der Waals surface area (Å²) in [5, 5.41) is 18.9. The van der Waals surface area contributed by atoms with Crippen molar-refractivity contribution in [2.45, 2.75) is 24.9 Å². The number of hydrogen-bond donors (Lipinski definition) is 3. The Morgan fingerprint density at radius 1 is 0.975 bits per heavy atom. The van der Waals surface area contributed by atoms with Crippen LogP contribution in [0.15, 0.2) is 77.5 Å². The molecule has 4 aromatic rings. The highest BCUT2D eigenvalue weighted by Gasteiger charge is 2.39. The van der Waals surface area contributed by atoms with Crippen molar-refractivity contribution in [3.63, 3.8) is 0 Å². The van der Waals surface area contributed by atoms with Gasteiger partial charge in [0.15, 0.2) is 0 Å². The van der Waals surface area contributed by atoms with Gasteiger partial charge in [-0.25, -0.2) is 0 Å². The highest BCUT2D eigenvalue weighted by molar-refractivity contribution is 5.95. The lowest BCUT2D eigenvalue weighted by Crippen LogP contribution is -2.45. The van der Waals surface area contributed by atoms with Crippen LogP contribution in [0.1, 0.15) is 34.7 Å². The molecule has 10 heteroatoms. The average molecular weight is 540 g/mol. The van der Waals surface area contributed by atoms with E-state index in [0.29, 0.717) is 37.1 Å². The maximum absolute atomic E-state index is 13.2. The van der Waals surface area contributed by atoms with Crippen molar-refractivity contribution < 1.29 is 13.9 Å². The first kappa shape index (κ1) is 26.0. The number of hydrogen-bond acceptors (Lipinski definition) is 9. The quantitative estimate of drug-likeness (QED) is 0.309. The number of carbonyl (C=O) groups is 1. The van der Waals surface area contributed by atoms with Gasteiger partial charge in [-0.2, -0.15) is 0 Å². The number of pyridine rings is 1. The molecule has 4 heterocycles. The Morgan fingerprint density at radius 3 is 2.60 bits per heavy atom. The lowest BCUT2D eigenvalue weighted by molar-refractivity contribution is 0.0950. The number of piperidine rings is 1. The van der Waals surface area contributed by atoms with Gasteiger partial charge >= 0.3 is 0 Å². The first-order chi connectivity index (χ1) is 19.7. The van der Waals surface area contributed by atoms with E-state index in [2.05, 4.69) is 48.2 Å². The van der Waals surface area contributed by atoms with Crippen molar-refractivity contribution in [1.82, 2.24) is 25.8 Å². The predicted molar refractivity (Wildman–Crippen MR) is 152 cm³/mol. The zero-order chi connectivity index (χ0) is 27.2. The van der Waals surface area contributed by atoms with Crippen LogP contribution in [0.3, 0.4) is 0 Å². The molecule has 2 fully saturated rings. The zero-order valence-electron chi connectivity index (χ0n) is 22.3. The predicted octanol–water partition coefficient (Wildman–Crippen LogP) is 3.59. The fourth-order valence-electron chi connectivity index (χ4n) is 5.34. The number of morpholine rings is 1. The molecule has 10 nitrogen and oxygen atoms in total. The maximum Gasteiger partial charge on any atom is 0.251 e. The van der Waals surface area contributed by atoms with E-state index >= 15 is 0 Å². The normalized spacial score (nSPS) is 16.9. The van der Waals surface area contributed by atoms with Crippen LogP contribution < -0.4 is 20.9 Å². The van der Waals surface area contributed by atoms with Gasteiger partial charge in [-0.1, -0.05) is 24.3 Å². The molecule has 0 radical (unpaired) electrons. The van der Waals surface area contributed by atoms with Gasteiger partial charge in [-0.3, -0.25) is 9.78 Å². The molecule has 2 saturated heterocycles. The van der Waals surface area contributed by atoms with E-state index in [-0.39, 0.29) is 5.91 Å². The summed E-state index contributed by atoms with van der Waals surface area (Å²) in [6, 6.07) is 19.5. The van der Waals surface area contributed by atoms with Crippen LogP contribution in [0, 0.1) is 0 Å². The molecule has 206 valence electrons. The summed E-state index contributed by atoms with van der Waals surface area (Å²) in [6.07, 6.45) is 4.94. The zero-order valence-corrected chi connectivity index (χ0v) is 22.3. The van der Waals surface area contributed by atoms with Gasteiger partial charge < -0.3 is 30.0 Å². The Hall–Kier alpha value is -4.28. The smallest absolute Gasteiger partial charge is 0.251 e. The van der Waals surface area contributed by atoms with Crippen molar-refractivity contribution in [3.8, 4) is 11.5 Å². The fraction of sp³-hybridized carbons (Fsp3) is 0.333. The second kappa shape index (κ2) is 11.8.